The number of hydrogen-bond donors (Lipinski definition) is 2. The Morgan fingerprint density at radius 1 is 1.36 bits per heavy atom. The highest BCUT2D eigenvalue weighted by atomic mass is 32.2. The molecule has 1 aromatic rings. The van der Waals surface area contributed by atoms with Crippen LogP contribution in [0, 0.1) is 0 Å². The summed E-state index contributed by atoms with van der Waals surface area (Å²) in [5.41, 5.74) is 0.0525. The van der Waals surface area contributed by atoms with Gasteiger partial charge in [0.2, 0.25) is 0 Å². The largest absolute Gasteiger partial charge is 0.484 e. The van der Waals surface area contributed by atoms with Crippen molar-refractivity contribution < 1.29 is 19.4 Å². The van der Waals surface area contributed by atoms with Gasteiger partial charge in [0.05, 0.1) is 0 Å². The summed E-state index contributed by atoms with van der Waals surface area (Å²) in [5.74, 6) is 0.795. The lowest BCUT2D eigenvalue weighted by Crippen LogP contribution is -2.55. The van der Waals surface area contributed by atoms with Crippen LogP contribution in [0.2, 0.25) is 0 Å². The summed E-state index contributed by atoms with van der Waals surface area (Å²) < 4.78 is 5.43. The van der Waals surface area contributed by atoms with E-state index in [0.29, 0.717) is 23.8 Å². The fourth-order valence-corrected chi connectivity index (χ4v) is 3.61. The molecule has 1 atom stereocenters. The summed E-state index contributed by atoms with van der Waals surface area (Å²) in [6.45, 7) is 4.03. The maximum atomic E-state index is 11.9. The van der Waals surface area contributed by atoms with E-state index < -0.39 is 17.4 Å². The molecular formula is C16H21NO4S. The summed E-state index contributed by atoms with van der Waals surface area (Å²) in [4.78, 5) is 23.3. The molecular weight excluding hydrogens is 302 g/mol. The second-order valence-electron chi connectivity index (χ2n) is 5.75. The number of aliphatic carboxylic acids is 1. The van der Waals surface area contributed by atoms with Gasteiger partial charge in [-0.05, 0) is 35.8 Å². The van der Waals surface area contributed by atoms with Crippen molar-refractivity contribution in [1.29, 1.82) is 0 Å². The number of carbonyl (C=O) groups excluding carboxylic acids is 1. The van der Waals surface area contributed by atoms with Crippen LogP contribution in [0.1, 0.15) is 31.7 Å². The van der Waals surface area contributed by atoms with Gasteiger partial charge in [-0.25, -0.2) is 4.79 Å². The molecule has 2 rings (SSSR count). The number of hydrogen-bond acceptors (Lipinski definition) is 4. The second-order valence-corrected chi connectivity index (χ2v) is 6.86. The van der Waals surface area contributed by atoms with E-state index >= 15 is 0 Å². The van der Waals surface area contributed by atoms with Crippen LogP contribution in [0.3, 0.4) is 0 Å². The van der Waals surface area contributed by atoms with Gasteiger partial charge in [-0.15, -0.1) is 0 Å². The molecule has 5 nitrogen and oxygen atoms in total. The predicted octanol–water partition coefficient (Wildman–Crippen LogP) is 2.27. The minimum Gasteiger partial charge on any atom is -0.484 e. The lowest BCUT2D eigenvalue weighted by Gasteiger charge is -2.24. The molecule has 120 valence electrons. The number of carboxylic acids is 1. The Hall–Kier alpha value is -1.69. The summed E-state index contributed by atoms with van der Waals surface area (Å²) in [5, 5.41) is 11.9. The van der Waals surface area contributed by atoms with Gasteiger partial charge in [-0.2, -0.15) is 11.8 Å². The van der Waals surface area contributed by atoms with Gasteiger partial charge in [0.15, 0.2) is 6.61 Å². The van der Waals surface area contributed by atoms with Crippen molar-refractivity contribution in [3.05, 3.63) is 29.8 Å². The van der Waals surface area contributed by atoms with Crippen LogP contribution in [-0.2, 0) is 9.59 Å². The predicted molar refractivity (Wildman–Crippen MR) is 86.5 cm³/mol. The second kappa shape index (κ2) is 7.05. The van der Waals surface area contributed by atoms with Gasteiger partial charge in [0, 0.05) is 5.75 Å². The molecule has 1 aliphatic heterocycles. The Bertz CT molecular complexity index is 536. The molecule has 1 aliphatic rings. The lowest BCUT2D eigenvalue weighted by atomic mass is 9.99. The van der Waals surface area contributed by atoms with Crippen LogP contribution < -0.4 is 10.1 Å². The first-order valence-electron chi connectivity index (χ1n) is 7.28. The monoisotopic (exact) mass is 323 g/mol. The maximum absolute atomic E-state index is 11.9. The van der Waals surface area contributed by atoms with Gasteiger partial charge in [-0.1, -0.05) is 26.0 Å². The van der Waals surface area contributed by atoms with Gasteiger partial charge < -0.3 is 15.2 Å². The fraction of sp³-hybridized carbons (Fsp3) is 0.500. The van der Waals surface area contributed by atoms with Crippen molar-refractivity contribution >= 4 is 23.6 Å². The highest BCUT2D eigenvalue weighted by Gasteiger charge is 2.43. The highest BCUT2D eigenvalue weighted by Crippen LogP contribution is 2.28. The molecule has 6 heteroatoms. The van der Waals surface area contributed by atoms with Gasteiger partial charge >= 0.3 is 5.97 Å². The van der Waals surface area contributed by atoms with E-state index in [9.17, 15) is 14.7 Å². The zero-order valence-electron chi connectivity index (χ0n) is 12.8. The number of carbonyl (C=O) groups is 2. The number of carboxylic acid groups (broad SMARTS) is 1. The third kappa shape index (κ3) is 3.94. The van der Waals surface area contributed by atoms with E-state index in [1.807, 2.05) is 24.3 Å². The van der Waals surface area contributed by atoms with Crippen LogP contribution in [0.5, 0.6) is 5.75 Å². The van der Waals surface area contributed by atoms with Crippen LogP contribution >= 0.6 is 11.8 Å². The number of nitrogens with one attached hydrogen (secondary N) is 1. The minimum atomic E-state index is -1.15. The van der Waals surface area contributed by atoms with Crippen LogP contribution in [0.4, 0.5) is 0 Å². The molecule has 1 unspecified atom stereocenters. The van der Waals surface area contributed by atoms with Crippen molar-refractivity contribution in [3.63, 3.8) is 0 Å². The number of benzene rings is 1. The summed E-state index contributed by atoms with van der Waals surface area (Å²) in [6, 6.07) is 7.57. The fourth-order valence-electron chi connectivity index (χ4n) is 2.29. The Kier molecular flexibility index (Phi) is 5.34. The average Bonchev–Trinajstić information content (AvgIpc) is 2.95. The first-order valence-corrected chi connectivity index (χ1v) is 8.43. The van der Waals surface area contributed by atoms with Crippen LogP contribution in [0.15, 0.2) is 24.3 Å². The van der Waals surface area contributed by atoms with Crippen molar-refractivity contribution in [2.75, 3.05) is 18.1 Å². The Balaban J connectivity index is 1.88. The zero-order valence-corrected chi connectivity index (χ0v) is 13.6. The molecule has 0 spiro atoms. The lowest BCUT2D eigenvalue weighted by molar-refractivity contribution is -0.146. The van der Waals surface area contributed by atoms with Gasteiger partial charge in [0.25, 0.3) is 5.91 Å². The van der Waals surface area contributed by atoms with Crippen molar-refractivity contribution in [2.24, 2.45) is 0 Å². The number of amides is 1. The van der Waals surface area contributed by atoms with E-state index in [1.54, 1.807) is 0 Å². The molecule has 0 aliphatic carbocycles. The van der Waals surface area contributed by atoms with E-state index in [1.165, 1.54) is 17.3 Å². The molecule has 0 aromatic heterocycles. The van der Waals surface area contributed by atoms with E-state index in [-0.39, 0.29) is 6.61 Å². The molecule has 1 fully saturated rings. The van der Waals surface area contributed by atoms with E-state index in [0.717, 1.165) is 5.75 Å². The van der Waals surface area contributed by atoms with Gasteiger partial charge in [-0.3, -0.25) is 4.79 Å². The van der Waals surface area contributed by atoms with Gasteiger partial charge in [0.1, 0.15) is 11.3 Å². The van der Waals surface area contributed by atoms with Crippen molar-refractivity contribution in [2.45, 2.75) is 31.7 Å². The number of thioether (sulfide) groups is 1. The summed E-state index contributed by atoms with van der Waals surface area (Å²) >= 11 is 1.53. The minimum absolute atomic E-state index is 0.180. The third-order valence-electron chi connectivity index (χ3n) is 3.73. The van der Waals surface area contributed by atoms with E-state index in [4.69, 9.17) is 4.74 Å². The van der Waals surface area contributed by atoms with E-state index in [2.05, 4.69) is 19.2 Å². The summed E-state index contributed by atoms with van der Waals surface area (Å²) in [6.07, 6.45) is 0.446. The van der Waals surface area contributed by atoms with Crippen molar-refractivity contribution in [1.82, 2.24) is 5.32 Å². The summed E-state index contributed by atoms with van der Waals surface area (Å²) in [7, 11) is 0. The third-order valence-corrected chi connectivity index (χ3v) is 4.92. The molecule has 0 radical (unpaired) electrons. The first-order chi connectivity index (χ1) is 10.4. The zero-order chi connectivity index (χ0) is 16.2. The molecule has 2 N–H and O–H groups in total. The topological polar surface area (TPSA) is 75.6 Å². The molecule has 1 aromatic carbocycles. The normalized spacial score (nSPS) is 20.9. The van der Waals surface area contributed by atoms with Crippen molar-refractivity contribution in [3.8, 4) is 5.75 Å². The number of ether oxygens (including phenoxy) is 1. The molecule has 22 heavy (non-hydrogen) atoms. The Labute approximate surface area is 134 Å². The maximum Gasteiger partial charge on any atom is 0.330 e. The molecule has 1 amide bonds. The smallest absolute Gasteiger partial charge is 0.330 e. The molecule has 1 saturated heterocycles. The van der Waals surface area contributed by atoms with Crippen LogP contribution in [0.25, 0.3) is 0 Å². The standard InChI is InChI=1S/C16H21NO4S/c1-11(2)12-3-5-13(6-4-12)21-9-14(18)17-16(15(19)20)7-8-22-10-16/h3-6,11H,7-10H2,1-2H3,(H,17,18)(H,19,20). The molecule has 0 saturated carbocycles. The van der Waals surface area contributed by atoms with Crippen LogP contribution in [-0.4, -0.2) is 40.6 Å². The first kappa shape index (κ1) is 16.7. The quantitative estimate of drug-likeness (QED) is 0.840. The number of rotatable bonds is 6. The Morgan fingerprint density at radius 3 is 2.55 bits per heavy atom. The average molecular weight is 323 g/mol. The molecule has 0 bridgehead atoms. The molecule has 1 heterocycles. The Morgan fingerprint density at radius 2 is 2.05 bits per heavy atom. The SMILES string of the molecule is CC(C)c1ccc(OCC(=O)NC2(C(=O)O)CCSC2)cc1. The highest BCUT2D eigenvalue weighted by molar-refractivity contribution is 7.99.